The number of carbonyl (C=O) groups excluding carboxylic acids is 1. The molecule has 0 radical (unpaired) electrons. The number of hydrogen-bond acceptors (Lipinski definition) is 8. The van der Waals surface area contributed by atoms with Crippen molar-refractivity contribution in [1.29, 1.82) is 0 Å². The Hall–Kier alpha value is -2.30. The summed E-state index contributed by atoms with van der Waals surface area (Å²) >= 11 is 1.41. The van der Waals surface area contributed by atoms with Crippen LogP contribution in [0.4, 0.5) is 0 Å². The summed E-state index contributed by atoms with van der Waals surface area (Å²) in [6.07, 6.45) is -0.792. The molecule has 0 N–H and O–H groups in total. The Morgan fingerprint density at radius 3 is 2.68 bits per heavy atom. The lowest BCUT2D eigenvalue weighted by Gasteiger charge is -2.18. The van der Waals surface area contributed by atoms with Gasteiger partial charge in [-0.15, -0.1) is 16.4 Å². The molecule has 0 aliphatic carbocycles. The number of methoxy groups -OCH3 is 1. The zero-order chi connectivity index (χ0) is 18.0. The van der Waals surface area contributed by atoms with E-state index in [0.717, 1.165) is 9.38 Å². The van der Waals surface area contributed by atoms with Gasteiger partial charge >= 0.3 is 5.97 Å². The van der Waals surface area contributed by atoms with Crippen LogP contribution in [0.15, 0.2) is 16.4 Å². The molecular formula is C15H18N4O5S. The Bertz CT molecular complexity index is 954. The van der Waals surface area contributed by atoms with Gasteiger partial charge in [-0.2, -0.15) is 0 Å². The number of hydrogen-bond donors (Lipinski definition) is 0. The van der Waals surface area contributed by atoms with Crippen molar-refractivity contribution in [3.63, 3.8) is 0 Å². The molecular weight excluding hydrogens is 348 g/mol. The van der Waals surface area contributed by atoms with Crippen LogP contribution >= 0.6 is 11.3 Å². The molecule has 0 atom stereocenters. The number of esters is 1. The highest BCUT2D eigenvalue weighted by Crippen LogP contribution is 2.25. The van der Waals surface area contributed by atoms with Crippen molar-refractivity contribution in [3.8, 4) is 0 Å². The number of ether oxygens (including phenoxy) is 3. The SMILES string of the molecule is CCOC(OCC)c1nn(CC(=O)OC)c(=O)c2cc3scnc3n12. The van der Waals surface area contributed by atoms with Crippen LogP contribution in [0.5, 0.6) is 0 Å². The van der Waals surface area contributed by atoms with E-state index in [1.165, 1.54) is 18.4 Å². The van der Waals surface area contributed by atoms with E-state index in [1.807, 2.05) is 13.8 Å². The van der Waals surface area contributed by atoms with Crippen LogP contribution in [0.3, 0.4) is 0 Å². The molecule has 0 fully saturated rings. The normalized spacial score (nSPS) is 11.7. The van der Waals surface area contributed by atoms with E-state index >= 15 is 0 Å². The smallest absolute Gasteiger partial charge is 0.327 e. The fourth-order valence-electron chi connectivity index (χ4n) is 2.50. The highest BCUT2D eigenvalue weighted by Gasteiger charge is 2.24. The summed E-state index contributed by atoms with van der Waals surface area (Å²) < 4.78 is 19.4. The van der Waals surface area contributed by atoms with E-state index in [0.29, 0.717) is 30.2 Å². The van der Waals surface area contributed by atoms with Crippen LogP contribution < -0.4 is 5.56 Å². The Labute approximate surface area is 146 Å². The first-order valence-corrected chi connectivity index (χ1v) is 8.64. The summed E-state index contributed by atoms with van der Waals surface area (Å²) in [5.41, 5.74) is 2.24. The molecule has 3 aromatic rings. The van der Waals surface area contributed by atoms with Crippen molar-refractivity contribution in [1.82, 2.24) is 19.2 Å². The van der Waals surface area contributed by atoms with Crippen LogP contribution in [0, 0.1) is 0 Å². The molecule has 25 heavy (non-hydrogen) atoms. The minimum absolute atomic E-state index is 0.296. The van der Waals surface area contributed by atoms with Crippen LogP contribution in [-0.4, -0.2) is 45.5 Å². The number of thiazole rings is 1. The topological polar surface area (TPSA) is 97.0 Å². The van der Waals surface area contributed by atoms with E-state index in [-0.39, 0.29) is 6.54 Å². The van der Waals surface area contributed by atoms with Gasteiger partial charge in [-0.05, 0) is 19.9 Å². The Kier molecular flexibility index (Phi) is 5.11. The van der Waals surface area contributed by atoms with Gasteiger partial charge in [0.25, 0.3) is 5.56 Å². The summed E-state index contributed by atoms with van der Waals surface area (Å²) in [5, 5.41) is 4.31. The average molecular weight is 366 g/mol. The molecule has 0 bridgehead atoms. The summed E-state index contributed by atoms with van der Waals surface area (Å²) in [6, 6.07) is 1.73. The Morgan fingerprint density at radius 2 is 2.04 bits per heavy atom. The van der Waals surface area contributed by atoms with E-state index in [2.05, 4.69) is 14.8 Å². The number of nitrogens with zero attached hydrogens (tertiary/aromatic N) is 4. The lowest BCUT2D eigenvalue weighted by Crippen LogP contribution is -2.32. The Balaban J connectivity index is 2.28. The fourth-order valence-corrected chi connectivity index (χ4v) is 3.20. The summed E-state index contributed by atoms with van der Waals surface area (Å²) in [6.45, 7) is 4.16. The molecule has 0 amide bonds. The zero-order valence-electron chi connectivity index (χ0n) is 14.1. The predicted octanol–water partition coefficient (Wildman–Crippen LogP) is 1.35. The van der Waals surface area contributed by atoms with Crippen molar-refractivity contribution in [2.24, 2.45) is 0 Å². The summed E-state index contributed by atoms with van der Waals surface area (Å²) in [5.74, 6) is -0.219. The molecule has 0 aliphatic heterocycles. The maximum atomic E-state index is 12.7. The summed E-state index contributed by atoms with van der Waals surface area (Å²) in [7, 11) is 1.26. The van der Waals surface area contributed by atoms with Crippen molar-refractivity contribution in [2.45, 2.75) is 26.7 Å². The van der Waals surface area contributed by atoms with Gasteiger partial charge in [-0.3, -0.25) is 14.0 Å². The van der Waals surface area contributed by atoms with Crippen molar-refractivity contribution in [3.05, 3.63) is 27.8 Å². The number of aromatic nitrogens is 4. The second kappa shape index (κ2) is 7.30. The molecule has 3 rings (SSSR count). The maximum absolute atomic E-state index is 12.7. The highest BCUT2D eigenvalue weighted by molar-refractivity contribution is 7.16. The van der Waals surface area contributed by atoms with Gasteiger partial charge < -0.3 is 14.2 Å². The maximum Gasteiger partial charge on any atom is 0.327 e. The number of rotatable bonds is 7. The van der Waals surface area contributed by atoms with Crippen LogP contribution in [-0.2, 0) is 25.5 Å². The van der Waals surface area contributed by atoms with Gasteiger partial charge in [0.1, 0.15) is 12.1 Å². The van der Waals surface area contributed by atoms with Crippen LogP contribution in [0.1, 0.15) is 26.0 Å². The van der Waals surface area contributed by atoms with Gasteiger partial charge in [0.2, 0.25) is 6.29 Å². The predicted molar refractivity (Wildman–Crippen MR) is 90.6 cm³/mol. The van der Waals surface area contributed by atoms with Gasteiger partial charge in [-0.1, -0.05) is 0 Å². The third-order valence-electron chi connectivity index (χ3n) is 3.55. The van der Waals surface area contributed by atoms with Crippen LogP contribution in [0.2, 0.25) is 0 Å². The first-order chi connectivity index (χ1) is 12.1. The molecule has 10 heteroatoms. The minimum atomic E-state index is -0.792. The van der Waals surface area contributed by atoms with Crippen molar-refractivity contribution >= 4 is 33.2 Å². The minimum Gasteiger partial charge on any atom is -0.468 e. The van der Waals surface area contributed by atoms with Gasteiger partial charge in [-0.25, -0.2) is 9.67 Å². The lowest BCUT2D eigenvalue weighted by molar-refractivity contribution is -0.147. The molecule has 0 unspecified atom stereocenters. The monoisotopic (exact) mass is 366 g/mol. The van der Waals surface area contributed by atoms with E-state index in [9.17, 15) is 9.59 Å². The largest absolute Gasteiger partial charge is 0.468 e. The molecule has 0 aliphatic rings. The molecule has 0 aromatic carbocycles. The number of carbonyl (C=O) groups is 1. The summed E-state index contributed by atoms with van der Waals surface area (Å²) in [4.78, 5) is 28.6. The average Bonchev–Trinajstić information content (AvgIpc) is 3.18. The molecule has 0 spiro atoms. The van der Waals surface area contributed by atoms with Gasteiger partial charge in [0.05, 0.1) is 17.3 Å². The third kappa shape index (κ3) is 3.15. The first kappa shape index (κ1) is 17.5. The fraction of sp³-hybridized carbons (Fsp3) is 0.467. The Morgan fingerprint density at radius 1 is 1.32 bits per heavy atom. The second-order valence-electron chi connectivity index (χ2n) is 5.04. The van der Waals surface area contributed by atoms with Crippen molar-refractivity contribution in [2.75, 3.05) is 20.3 Å². The van der Waals surface area contributed by atoms with E-state index in [1.54, 1.807) is 16.0 Å². The molecule has 3 aromatic heterocycles. The quantitative estimate of drug-likeness (QED) is 0.460. The highest BCUT2D eigenvalue weighted by atomic mass is 32.1. The standard InChI is InChI=1S/C15H18N4O5S/c1-4-23-15(24-5-2)13-17-18(7-11(20)22-3)14(21)9-6-10-12(19(9)13)16-8-25-10/h6,8,15H,4-5,7H2,1-3H3. The van der Waals surface area contributed by atoms with Crippen molar-refractivity contribution < 1.29 is 19.0 Å². The molecule has 0 saturated carbocycles. The third-order valence-corrected chi connectivity index (χ3v) is 4.32. The van der Waals surface area contributed by atoms with Crippen LogP contribution in [0.25, 0.3) is 15.9 Å². The molecule has 9 nitrogen and oxygen atoms in total. The van der Waals surface area contributed by atoms with E-state index in [4.69, 9.17) is 9.47 Å². The molecule has 134 valence electrons. The second-order valence-corrected chi connectivity index (χ2v) is 5.93. The lowest BCUT2D eigenvalue weighted by atomic mass is 10.4. The van der Waals surface area contributed by atoms with E-state index < -0.39 is 17.8 Å². The zero-order valence-corrected chi connectivity index (χ0v) is 14.9. The molecule has 0 saturated heterocycles. The number of fused-ring (bicyclic) bond motifs is 3. The van der Waals surface area contributed by atoms with Gasteiger partial charge in [0, 0.05) is 13.2 Å². The first-order valence-electron chi connectivity index (χ1n) is 7.76. The van der Waals surface area contributed by atoms with Gasteiger partial charge in [0.15, 0.2) is 11.5 Å². The molecule has 3 heterocycles.